The maximum absolute atomic E-state index is 14.0. The Hall–Kier alpha value is -5.33. The number of nitrogens with zero attached hydrogens (tertiary/aromatic N) is 9. The van der Waals surface area contributed by atoms with Gasteiger partial charge in [-0.15, -0.1) is 0 Å². The Morgan fingerprint density at radius 1 is 0.690 bits per heavy atom. The number of nitrogen functional groups attached to an aromatic ring is 1. The van der Waals surface area contributed by atoms with Gasteiger partial charge in [-0.25, -0.2) is 29.3 Å². The maximum Gasteiger partial charge on any atom is 0.164 e. The summed E-state index contributed by atoms with van der Waals surface area (Å²) in [5, 5.41) is 3.35. The van der Waals surface area contributed by atoms with Crippen LogP contribution in [0.3, 0.4) is 0 Å². The first-order chi connectivity index (χ1) is 28.1. The highest BCUT2D eigenvalue weighted by atomic mass is 19.1. The van der Waals surface area contributed by atoms with Crippen LogP contribution < -0.4 is 11.1 Å². The summed E-state index contributed by atoms with van der Waals surface area (Å²) in [6.07, 6.45) is 8.21. The lowest BCUT2D eigenvalue weighted by Gasteiger charge is -2.45. The van der Waals surface area contributed by atoms with Gasteiger partial charge in [0.15, 0.2) is 11.5 Å². The molecule has 0 spiro atoms. The van der Waals surface area contributed by atoms with Crippen LogP contribution in [0.2, 0.25) is 0 Å². The highest BCUT2D eigenvalue weighted by molar-refractivity contribution is 5.79. The number of fused-ring (bicyclic) bond motifs is 7. The summed E-state index contributed by atoms with van der Waals surface area (Å²) in [6.45, 7) is 16.5. The van der Waals surface area contributed by atoms with Crippen LogP contribution in [0.15, 0.2) is 67.0 Å². The van der Waals surface area contributed by atoms with Gasteiger partial charge in [0.05, 0.1) is 29.8 Å². The standard InChI is InChI=1S/C26H27FN6.C20H27N5/c1-16-24-26(30-17(2)29-16)33(25(31-24)21-11-22(27)13-28-12-21)14-18-3-5-19(6-4-18)23-15-32-9-7-20(23)8-10-32;1-13-19(21)20(24-14(2)23-13)22-11-15-3-5-16(6-4-15)18-12-25-9-7-17(18)8-10-25/h3-6,11-13,20,23H,7-10,14-15H2,1-2H3;3-6,17-18H,7-12,21H2,1-2H3,(H,22,23,24). The third-order valence-corrected chi connectivity index (χ3v) is 13.0. The predicted octanol–water partition coefficient (Wildman–Crippen LogP) is 7.60. The van der Waals surface area contributed by atoms with Gasteiger partial charge < -0.3 is 25.4 Å². The third kappa shape index (κ3) is 7.92. The molecule has 6 aliphatic heterocycles. The Morgan fingerprint density at radius 2 is 1.26 bits per heavy atom. The van der Waals surface area contributed by atoms with Crippen molar-refractivity contribution in [3.63, 3.8) is 0 Å². The lowest BCUT2D eigenvalue weighted by molar-refractivity contribution is 0.0871. The number of benzene rings is 2. The van der Waals surface area contributed by atoms with E-state index in [0.29, 0.717) is 41.3 Å². The van der Waals surface area contributed by atoms with Crippen molar-refractivity contribution in [3.05, 3.63) is 118 Å². The first-order valence-electron chi connectivity index (χ1n) is 20.9. The minimum Gasteiger partial charge on any atom is -0.394 e. The number of piperidine rings is 6. The fourth-order valence-electron chi connectivity index (χ4n) is 9.84. The maximum atomic E-state index is 14.0. The Labute approximate surface area is 340 Å². The first kappa shape index (κ1) is 38.2. The number of halogens is 1. The number of anilines is 2. The van der Waals surface area contributed by atoms with Crippen molar-refractivity contribution in [1.82, 2.24) is 44.3 Å². The molecule has 11 nitrogen and oxygen atoms in total. The van der Waals surface area contributed by atoms with Crippen molar-refractivity contribution in [3.8, 4) is 11.4 Å². The molecule has 6 aliphatic rings. The van der Waals surface area contributed by atoms with Crippen LogP contribution in [0.25, 0.3) is 22.6 Å². The fourth-order valence-corrected chi connectivity index (χ4v) is 9.84. The molecule has 58 heavy (non-hydrogen) atoms. The van der Waals surface area contributed by atoms with Gasteiger partial charge in [-0.2, -0.15) is 0 Å². The molecule has 2 unspecified atom stereocenters. The Kier molecular flexibility index (Phi) is 10.6. The van der Waals surface area contributed by atoms with Gasteiger partial charge in [0, 0.05) is 31.4 Å². The van der Waals surface area contributed by atoms with E-state index >= 15 is 0 Å². The number of aromatic nitrogens is 7. The van der Waals surface area contributed by atoms with Gasteiger partial charge in [-0.05, 0) is 132 Å². The van der Waals surface area contributed by atoms with Gasteiger partial charge in [0.1, 0.15) is 28.8 Å². The van der Waals surface area contributed by atoms with Crippen molar-refractivity contribution >= 4 is 22.7 Å². The van der Waals surface area contributed by atoms with Crippen LogP contribution in [-0.4, -0.2) is 83.5 Å². The lowest BCUT2D eigenvalue weighted by Crippen LogP contribution is -2.46. The summed E-state index contributed by atoms with van der Waals surface area (Å²) in [5.41, 5.74) is 15.8. The van der Waals surface area contributed by atoms with E-state index < -0.39 is 0 Å². The van der Waals surface area contributed by atoms with Crippen molar-refractivity contribution in [1.29, 1.82) is 0 Å². The summed E-state index contributed by atoms with van der Waals surface area (Å²) in [6, 6.07) is 19.6. The molecular weight excluding hydrogens is 726 g/mol. The van der Waals surface area contributed by atoms with Gasteiger partial charge >= 0.3 is 0 Å². The predicted molar refractivity (Wildman–Crippen MR) is 227 cm³/mol. The van der Waals surface area contributed by atoms with E-state index in [1.807, 2.05) is 27.7 Å². The van der Waals surface area contributed by atoms with Crippen molar-refractivity contribution < 1.29 is 4.39 Å². The molecule has 4 bridgehead atoms. The van der Waals surface area contributed by atoms with E-state index in [0.717, 1.165) is 52.6 Å². The molecule has 4 aromatic heterocycles. The summed E-state index contributed by atoms with van der Waals surface area (Å²) in [7, 11) is 0. The van der Waals surface area contributed by atoms with E-state index in [2.05, 4.69) is 93.1 Å². The monoisotopic (exact) mass is 779 g/mol. The zero-order chi connectivity index (χ0) is 39.9. The molecule has 6 aromatic rings. The molecule has 2 atom stereocenters. The average molecular weight is 780 g/mol. The van der Waals surface area contributed by atoms with Crippen LogP contribution in [0.4, 0.5) is 15.9 Å². The van der Waals surface area contributed by atoms with E-state index in [-0.39, 0.29) is 5.82 Å². The average Bonchev–Trinajstić information content (AvgIpc) is 3.61. The minimum atomic E-state index is -0.382. The summed E-state index contributed by atoms with van der Waals surface area (Å²) in [4.78, 5) is 31.9. The van der Waals surface area contributed by atoms with E-state index in [1.165, 1.54) is 99.5 Å². The second-order valence-corrected chi connectivity index (χ2v) is 16.9. The van der Waals surface area contributed by atoms with Crippen molar-refractivity contribution in [2.75, 3.05) is 50.3 Å². The number of hydrogen-bond donors (Lipinski definition) is 2. The molecule has 0 saturated carbocycles. The van der Waals surface area contributed by atoms with Crippen molar-refractivity contribution in [2.45, 2.75) is 78.3 Å². The number of aryl methyl sites for hydroxylation is 4. The molecule has 0 amide bonds. The SMILES string of the molecule is Cc1nc(C)c(N)c(NCc2ccc(C3CN4CCC3CC4)cc2)n1.Cc1nc(C)c2nc(-c3cncc(F)c3)n(Cc3ccc(C4CN5CCC4CC5)cc3)c2n1. The van der Waals surface area contributed by atoms with Crippen LogP contribution in [-0.2, 0) is 13.1 Å². The Bertz CT molecular complexity index is 2390. The zero-order valence-electron chi connectivity index (χ0n) is 34.1. The molecule has 2 aromatic carbocycles. The molecular formula is C46H54FN11. The molecule has 0 aliphatic carbocycles. The fraction of sp³-hybridized carbons (Fsp3) is 0.435. The zero-order valence-corrected chi connectivity index (χ0v) is 34.1. The van der Waals surface area contributed by atoms with Gasteiger partial charge in [0.2, 0.25) is 0 Å². The highest BCUT2D eigenvalue weighted by Gasteiger charge is 2.36. The molecule has 3 N–H and O–H groups in total. The second kappa shape index (κ2) is 16.1. The minimum absolute atomic E-state index is 0.382. The molecule has 12 rings (SSSR count). The molecule has 10 heterocycles. The van der Waals surface area contributed by atoms with Gasteiger partial charge in [-0.3, -0.25) is 4.98 Å². The van der Waals surface area contributed by atoms with E-state index in [1.54, 1.807) is 6.20 Å². The van der Waals surface area contributed by atoms with Crippen LogP contribution in [0.1, 0.15) is 82.8 Å². The van der Waals surface area contributed by atoms with Gasteiger partial charge in [-0.1, -0.05) is 48.5 Å². The second-order valence-electron chi connectivity index (χ2n) is 16.9. The van der Waals surface area contributed by atoms with Crippen LogP contribution in [0.5, 0.6) is 0 Å². The number of imidazole rings is 1. The lowest BCUT2D eigenvalue weighted by atomic mass is 9.75. The molecule has 12 heteroatoms. The van der Waals surface area contributed by atoms with Crippen molar-refractivity contribution in [2.24, 2.45) is 11.8 Å². The topological polar surface area (TPSA) is 127 Å². The Morgan fingerprint density at radius 3 is 1.83 bits per heavy atom. The molecule has 6 saturated heterocycles. The molecule has 6 fully saturated rings. The normalized spacial score (nSPS) is 23.5. The van der Waals surface area contributed by atoms with E-state index in [9.17, 15) is 4.39 Å². The number of rotatable bonds is 8. The highest BCUT2D eigenvalue weighted by Crippen LogP contribution is 2.40. The molecule has 300 valence electrons. The quantitative estimate of drug-likeness (QED) is 0.160. The van der Waals surface area contributed by atoms with Crippen LogP contribution in [0, 0.1) is 45.3 Å². The van der Waals surface area contributed by atoms with E-state index in [4.69, 9.17) is 10.7 Å². The Balaban J connectivity index is 0.000000156. The van der Waals surface area contributed by atoms with Gasteiger partial charge in [0.25, 0.3) is 0 Å². The smallest absolute Gasteiger partial charge is 0.164 e. The van der Waals surface area contributed by atoms with Crippen LogP contribution >= 0.6 is 0 Å². The summed E-state index contributed by atoms with van der Waals surface area (Å²) < 4.78 is 16.0. The molecule has 0 radical (unpaired) electrons. The third-order valence-electron chi connectivity index (χ3n) is 13.0. The number of hydrogen-bond acceptors (Lipinski definition) is 10. The first-order valence-corrected chi connectivity index (χ1v) is 20.9. The summed E-state index contributed by atoms with van der Waals surface area (Å²) >= 11 is 0. The largest absolute Gasteiger partial charge is 0.394 e. The number of nitrogens with two attached hydrogens (primary N) is 1. The number of pyridine rings is 1. The number of nitrogens with one attached hydrogen (secondary N) is 1. The summed E-state index contributed by atoms with van der Waals surface area (Å²) in [5.74, 6) is 5.48.